The summed E-state index contributed by atoms with van der Waals surface area (Å²) in [5, 5.41) is 8.96. The predicted molar refractivity (Wildman–Crippen MR) is 93.0 cm³/mol. The molecule has 1 fully saturated rings. The molecule has 0 bridgehead atoms. The molecule has 1 aliphatic heterocycles. The third-order valence-corrected chi connectivity index (χ3v) is 4.88. The van der Waals surface area contributed by atoms with E-state index in [-0.39, 0.29) is 5.91 Å². The number of benzene rings is 1. The number of amides is 1. The summed E-state index contributed by atoms with van der Waals surface area (Å²) in [5.41, 5.74) is 2.79. The predicted octanol–water partition coefficient (Wildman–Crippen LogP) is 1.96. The molecule has 0 spiro atoms. The zero-order valence-electron chi connectivity index (χ0n) is 14.0. The summed E-state index contributed by atoms with van der Waals surface area (Å²) in [6, 6.07) is 7.77. The normalized spacial score (nSPS) is 16.8. The van der Waals surface area contributed by atoms with E-state index in [9.17, 15) is 4.79 Å². The fourth-order valence-corrected chi connectivity index (χ4v) is 3.34. The van der Waals surface area contributed by atoms with E-state index >= 15 is 0 Å². The highest BCUT2D eigenvalue weighted by atomic mass is 32.1. The zero-order valence-corrected chi connectivity index (χ0v) is 14.8. The summed E-state index contributed by atoms with van der Waals surface area (Å²) in [4.78, 5) is 16.8. The number of nitrogens with zero attached hydrogens (tertiary/aromatic N) is 4. The number of rotatable bonds is 5. The average Bonchev–Trinajstić information content (AvgIpc) is 3.10. The lowest BCUT2D eigenvalue weighted by atomic mass is 10.2. The van der Waals surface area contributed by atoms with Crippen molar-refractivity contribution in [1.29, 1.82) is 0 Å². The minimum atomic E-state index is -0.471. The van der Waals surface area contributed by atoms with Gasteiger partial charge in [-0.15, -0.1) is 21.5 Å². The Kier molecular flexibility index (Phi) is 5.42. The Bertz CT molecular complexity index is 669. The van der Waals surface area contributed by atoms with Crippen molar-refractivity contribution in [2.24, 2.45) is 0 Å². The second-order valence-electron chi connectivity index (χ2n) is 5.96. The standard InChI is InChI=1S/C17H22N4O2S/c1-13-5-3-4-6-15(13)23-14(2)17(22)21-9-7-20(8-10-21)11-16-19-18-12-24-16/h3-6,12,14H,7-11H2,1-2H3. The molecule has 1 aromatic heterocycles. The van der Waals surface area contributed by atoms with Crippen LogP contribution in [0.2, 0.25) is 0 Å². The number of carbonyl (C=O) groups excluding carboxylic acids is 1. The second-order valence-corrected chi connectivity index (χ2v) is 6.88. The fraction of sp³-hybridized carbons (Fsp3) is 0.471. The number of para-hydroxylation sites is 1. The van der Waals surface area contributed by atoms with Gasteiger partial charge in [0.05, 0.1) is 6.54 Å². The lowest BCUT2D eigenvalue weighted by Crippen LogP contribution is -2.51. The van der Waals surface area contributed by atoms with Crippen LogP contribution in [0.3, 0.4) is 0 Å². The molecule has 1 saturated heterocycles. The maximum atomic E-state index is 12.6. The van der Waals surface area contributed by atoms with Gasteiger partial charge in [-0.1, -0.05) is 18.2 Å². The van der Waals surface area contributed by atoms with Crippen LogP contribution in [-0.4, -0.2) is 58.2 Å². The Morgan fingerprint density at radius 2 is 2.04 bits per heavy atom. The number of aryl methyl sites for hydroxylation is 1. The van der Waals surface area contributed by atoms with Crippen molar-refractivity contribution in [3.8, 4) is 5.75 Å². The highest BCUT2D eigenvalue weighted by molar-refractivity contribution is 7.09. The van der Waals surface area contributed by atoms with Crippen molar-refractivity contribution in [3.05, 3.63) is 40.3 Å². The Hall–Kier alpha value is -1.99. The van der Waals surface area contributed by atoms with Crippen molar-refractivity contribution in [3.63, 3.8) is 0 Å². The molecule has 1 atom stereocenters. The quantitative estimate of drug-likeness (QED) is 0.828. The van der Waals surface area contributed by atoms with E-state index < -0.39 is 6.10 Å². The number of hydrogen-bond donors (Lipinski definition) is 0. The van der Waals surface area contributed by atoms with Crippen LogP contribution in [0, 0.1) is 6.92 Å². The monoisotopic (exact) mass is 346 g/mol. The van der Waals surface area contributed by atoms with E-state index in [0.29, 0.717) is 0 Å². The molecule has 128 valence electrons. The molecule has 3 rings (SSSR count). The SMILES string of the molecule is Cc1ccccc1OC(C)C(=O)N1CCN(Cc2nncs2)CC1. The number of ether oxygens (including phenoxy) is 1. The Morgan fingerprint density at radius 1 is 1.29 bits per heavy atom. The molecule has 0 radical (unpaired) electrons. The van der Waals surface area contributed by atoms with Gasteiger partial charge in [0.15, 0.2) is 6.10 Å². The van der Waals surface area contributed by atoms with E-state index in [1.165, 1.54) is 0 Å². The molecule has 6 nitrogen and oxygen atoms in total. The minimum Gasteiger partial charge on any atom is -0.481 e. The first-order chi connectivity index (χ1) is 11.6. The molecule has 2 aromatic rings. The third-order valence-electron chi connectivity index (χ3n) is 4.19. The summed E-state index contributed by atoms with van der Waals surface area (Å²) in [5.74, 6) is 0.821. The highest BCUT2D eigenvalue weighted by Crippen LogP contribution is 2.19. The first-order valence-corrected chi connectivity index (χ1v) is 9.00. The van der Waals surface area contributed by atoms with Crippen LogP contribution in [0.4, 0.5) is 0 Å². The summed E-state index contributed by atoms with van der Waals surface area (Å²) >= 11 is 1.57. The highest BCUT2D eigenvalue weighted by Gasteiger charge is 2.26. The average molecular weight is 346 g/mol. The maximum Gasteiger partial charge on any atom is 0.263 e. The van der Waals surface area contributed by atoms with Gasteiger partial charge in [0, 0.05) is 26.2 Å². The first-order valence-electron chi connectivity index (χ1n) is 8.12. The van der Waals surface area contributed by atoms with Gasteiger partial charge in [-0.25, -0.2) is 0 Å². The molecule has 7 heteroatoms. The minimum absolute atomic E-state index is 0.0498. The van der Waals surface area contributed by atoms with E-state index in [1.54, 1.807) is 16.8 Å². The van der Waals surface area contributed by atoms with Gasteiger partial charge in [0.2, 0.25) is 0 Å². The van der Waals surface area contributed by atoms with Crippen LogP contribution in [-0.2, 0) is 11.3 Å². The number of aromatic nitrogens is 2. The smallest absolute Gasteiger partial charge is 0.263 e. The van der Waals surface area contributed by atoms with Gasteiger partial charge in [-0.2, -0.15) is 0 Å². The van der Waals surface area contributed by atoms with Crippen LogP contribution in [0.5, 0.6) is 5.75 Å². The second kappa shape index (κ2) is 7.72. The summed E-state index contributed by atoms with van der Waals surface area (Å²) < 4.78 is 5.85. The van der Waals surface area contributed by atoms with Gasteiger partial charge in [0.1, 0.15) is 16.3 Å². The molecule has 0 aliphatic carbocycles. The van der Waals surface area contributed by atoms with Crippen LogP contribution < -0.4 is 4.74 Å². The van der Waals surface area contributed by atoms with Crippen LogP contribution in [0.25, 0.3) is 0 Å². The van der Waals surface area contributed by atoms with Crippen molar-refractivity contribution >= 4 is 17.2 Å². The molecule has 1 aliphatic rings. The number of carbonyl (C=O) groups is 1. The Balaban J connectivity index is 1.50. The largest absolute Gasteiger partial charge is 0.481 e. The lowest BCUT2D eigenvalue weighted by molar-refractivity contribution is -0.139. The molecule has 1 aromatic carbocycles. The topological polar surface area (TPSA) is 58.6 Å². The van der Waals surface area contributed by atoms with Crippen molar-refractivity contribution in [2.75, 3.05) is 26.2 Å². The number of piperazine rings is 1. The molecule has 2 heterocycles. The molecule has 0 saturated carbocycles. The van der Waals surface area contributed by atoms with Crippen LogP contribution in [0.1, 0.15) is 17.5 Å². The van der Waals surface area contributed by atoms with E-state index in [0.717, 1.165) is 49.0 Å². The van der Waals surface area contributed by atoms with Crippen molar-refractivity contribution in [1.82, 2.24) is 20.0 Å². The van der Waals surface area contributed by atoms with E-state index in [1.807, 2.05) is 43.0 Å². The van der Waals surface area contributed by atoms with Crippen LogP contribution in [0.15, 0.2) is 29.8 Å². The van der Waals surface area contributed by atoms with E-state index in [2.05, 4.69) is 15.1 Å². The lowest BCUT2D eigenvalue weighted by Gasteiger charge is -2.35. The molecule has 1 amide bonds. The zero-order chi connectivity index (χ0) is 16.9. The van der Waals surface area contributed by atoms with Crippen molar-refractivity contribution in [2.45, 2.75) is 26.5 Å². The summed E-state index contributed by atoms with van der Waals surface area (Å²) in [6.45, 7) is 7.76. The maximum absolute atomic E-state index is 12.6. The number of hydrogen-bond acceptors (Lipinski definition) is 6. The van der Waals surface area contributed by atoms with Gasteiger partial charge < -0.3 is 9.64 Å². The fourth-order valence-electron chi connectivity index (χ4n) is 2.77. The molecular weight excluding hydrogens is 324 g/mol. The van der Waals surface area contributed by atoms with Gasteiger partial charge in [-0.3, -0.25) is 9.69 Å². The van der Waals surface area contributed by atoms with Gasteiger partial charge in [0.25, 0.3) is 5.91 Å². The molecule has 1 unspecified atom stereocenters. The van der Waals surface area contributed by atoms with Gasteiger partial charge >= 0.3 is 0 Å². The molecule has 24 heavy (non-hydrogen) atoms. The Labute approximate surface area is 146 Å². The Morgan fingerprint density at radius 3 is 2.71 bits per heavy atom. The van der Waals surface area contributed by atoms with Crippen molar-refractivity contribution < 1.29 is 9.53 Å². The van der Waals surface area contributed by atoms with E-state index in [4.69, 9.17) is 4.74 Å². The summed E-state index contributed by atoms with van der Waals surface area (Å²) in [6.07, 6.45) is -0.471. The third kappa shape index (κ3) is 4.10. The molecule has 0 N–H and O–H groups in total. The first kappa shape index (κ1) is 16.9. The molecular formula is C17H22N4O2S. The van der Waals surface area contributed by atoms with Crippen LogP contribution >= 0.6 is 11.3 Å². The summed E-state index contributed by atoms with van der Waals surface area (Å²) in [7, 11) is 0. The van der Waals surface area contributed by atoms with Gasteiger partial charge in [-0.05, 0) is 25.5 Å².